The Labute approximate surface area is 126 Å². The van der Waals surface area contributed by atoms with Crippen molar-refractivity contribution in [2.75, 3.05) is 27.4 Å². The Hall–Kier alpha value is -1.59. The number of amides is 1. The molecule has 0 bridgehead atoms. The van der Waals surface area contributed by atoms with Crippen LogP contribution < -0.4 is 10.5 Å². The third kappa shape index (κ3) is 4.19. The van der Waals surface area contributed by atoms with Gasteiger partial charge in [0, 0.05) is 26.8 Å². The molecular weight excluding hydrogens is 268 g/mol. The smallest absolute Gasteiger partial charge is 0.239 e. The average Bonchev–Trinajstić information content (AvgIpc) is 2.54. The van der Waals surface area contributed by atoms with E-state index in [1.54, 1.807) is 19.1 Å². The number of benzene rings is 1. The topological polar surface area (TPSA) is 64.8 Å². The minimum absolute atomic E-state index is 0.00952. The summed E-state index contributed by atoms with van der Waals surface area (Å²) in [4.78, 5) is 14.1. The van der Waals surface area contributed by atoms with E-state index in [4.69, 9.17) is 15.2 Å². The van der Waals surface area contributed by atoms with Crippen LogP contribution in [0.2, 0.25) is 0 Å². The highest BCUT2D eigenvalue weighted by Crippen LogP contribution is 2.20. The minimum atomic E-state index is -0.440. The van der Waals surface area contributed by atoms with Gasteiger partial charge >= 0.3 is 0 Å². The van der Waals surface area contributed by atoms with E-state index in [-0.39, 0.29) is 11.8 Å². The molecule has 1 aromatic carbocycles. The molecule has 1 saturated heterocycles. The second kappa shape index (κ2) is 7.43. The van der Waals surface area contributed by atoms with Gasteiger partial charge in [-0.05, 0) is 36.5 Å². The summed E-state index contributed by atoms with van der Waals surface area (Å²) in [6, 6.07) is 7.28. The summed E-state index contributed by atoms with van der Waals surface area (Å²) in [5.41, 5.74) is 7.16. The lowest BCUT2D eigenvalue weighted by atomic mass is 9.91. The van der Waals surface area contributed by atoms with Crippen molar-refractivity contribution in [1.82, 2.24) is 4.90 Å². The van der Waals surface area contributed by atoms with Gasteiger partial charge in [-0.3, -0.25) is 4.79 Å². The molecule has 5 nitrogen and oxygen atoms in total. The fraction of sp³-hybridized carbons (Fsp3) is 0.562. The number of hydrogen-bond acceptors (Lipinski definition) is 4. The van der Waals surface area contributed by atoms with E-state index in [9.17, 15) is 4.79 Å². The second-order valence-corrected chi connectivity index (χ2v) is 5.52. The molecule has 1 amide bonds. The van der Waals surface area contributed by atoms with E-state index in [2.05, 4.69) is 0 Å². The predicted octanol–water partition coefficient (Wildman–Crippen LogP) is 1.41. The molecule has 1 heterocycles. The predicted molar refractivity (Wildman–Crippen MR) is 81.0 cm³/mol. The van der Waals surface area contributed by atoms with Gasteiger partial charge in [-0.25, -0.2) is 0 Å². The first kappa shape index (κ1) is 15.8. The van der Waals surface area contributed by atoms with Gasteiger partial charge < -0.3 is 20.1 Å². The Morgan fingerprint density at radius 3 is 2.86 bits per heavy atom. The first-order valence-corrected chi connectivity index (χ1v) is 7.33. The zero-order chi connectivity index (χ0) is 15.2. The maximum Gasteiger partial charge on any atom is 0.239 e. The molecule has 0 radical (unpaired) electrons. The van der Waals surface area contributed by atoms with Crippen LogP contribution in [0.3, 0.4) is 0 Å². The summed E-state index contributed by atoms with van der Waals surface area (Å²) in [7, 11) is 3.43. The zero-order valence-corrected chi connectivity index (χ0v) is 12.7. The maximum atomic E-state index is 12.4. The zero-order valence-electron chi connectivity index (χ0n) is 12.7. The summed E-state index contributed by atoms with van der Waals surface area (Å²) < 4.78 is 10.5. The number of ether oxygens (including phenoxy) is 2. The Morgan fingerprint density at radius 1 is 1.48 bits per heavy atom. The van der Waals surface area contributed by atoms with Gasteiger partial charge in [0.2, 0.25) is 5.91 Å². The van der Waals surface area contributed by atoms with Crippen LogP contribution in [0, 0.1) is 5.92 Å². The molecule has 1 aliphatic rings. The number of carbonyl (C=O) groups excluding carboxylic acids is 1. The molecule has 1 aliphatic heterocycles. The third-order valence-electron chi connectivity index (χ3n) is 3.99. The van der Waals surface area contributed by atoms with Gasteiger partial charge in [0.25, 0.3) is 0 Å². The molecule has 1 fully saturated rings. The SMILES string of the molecule is COc1cccc(CN(C)C(=O)C(N)C2CCOCC2)c1. The number of methoxy groups -OCH3 is 1. The van der Waals surface area contributed by atoms with Crippen LogP contribution in [-0.4, -0.2) is 44.2 Å². The molecule has 0 aromatic heterocycles. The lowest BCUT2D eigenvalue weighted by molar-refractivity contribution is -0.133. The van der Waals surface area contributed by atoms with Crippen LogP contribution in [0.1, 0.15) is 18.4 Å². The van der Waals surface area contributed by atoms with E-state index in [0.29, 0.717) is 19.8 Å². The molecule has 0 aliphatic carbocycles. The molecule has 2 N–H and O–H groups in total. The normalized spacial score (nSPS) is 17.3. The Balaban J connectivity index is 1.94. The highest BCUT2D eigenvalue weighted by atomic mass is 16.5. The van der Waals surface area contributed by atoms with Crippen molar-refractivity contribution in [1.29, 1.82) is 0 Å². The molecule has 2 rings (SSSR count). The van der Waals surface area contributed by atoms with Crippen molar-refractivity contribution in [2.24, 2.45) is 11.7 Å². The Morgan fingerprint density at radius 2 is 2.19 bits per heavy atom. The summed E-state index contributed by atoms with van der Waals surface area (Å²) in [6.45, 7) is 1.93. The van der Waals surface area contributed by atoms with Gasteiger partial charge in [0.05, 0.1) is 13.2 Å². The molecule has 1 aromatic rings. The van der Waals surface area contributed by atoms with Gasteiger partial charge in [-0.15, -0.1) is 0 Å². The quantitative estimate of drug-likeness (QED) is 0.891. The number of carbonyl (C=O) groups is 1. The summed E-state index contributed by atoms with van der Waals surface area (Å²) in [5, 5.41) is 0. The monoisotopic (exact) mass is 292 g/mol. The van der Waals surface area contributed by atoms with E-state index in [1.807, 2.05) is 24.3 Å². The molecule has 1 atom stereocenters. The van der Waals surface area contributed by atoms with Crippen molar-refractivity contribution in [3.8, 4) is 5.75 Å². The molecular formula is C16H24N2O3. The first-order valence-electron chi connectivity index (χ1n) is 7.33. The van der Waals surface area contributed by atoms with Gasteiger partial charge in [0.1, 0.15) is 5.75 Å². The fourth-order valence-corrected chi connectivity index (χ4v) is 2.65. The maximum absolute atomic E-state index is 12.4. The number of rotatable bonds is 5. The van der Waals surface area contributed by atoms with Gasteiger partial charge in [-0.2, -0.15) is 0 Å². The lowest BCUT2D eigenvalue weighted by Gasteiger charge is -2.29. The summed E-state index contributed by atoms with van der Waals surface area (Å²) >= 11 is 0. The van der Waals surface area contributed by atoms with Gasteiger partial charge in [0.15, 0.2) is 0 Å². The number of hydrogen-bond donors (Lipinski definition) is 1. The highest BCUT2D eigenvalue weighted by molar-refractivity contribution is 5.81. The van der Waals surface area contributed by atoms with E-state index in [0.717, 1.165) is 24.2 Å². The van der Waals surface area contributed by atoms with Crippen molar-refractivity contribution >= 4 is 5.91 Å². The largest absolute Gasteiger partial charge is 0.497 e. The van der Waals surface area contributed by atoms with E-state index in [1.165, 1.54) is 0 Å². The van der Waals surface area contributed by atoms with Crippen LogP contribution in [0.25, 0.3) is 0 Å². The average molecular weight is 292 g/mol. The highest BCUT2D eigenvalue weighted by Gasteiger charge is 2.28. The third-order valence-corrected chi connectivity index (χ3v) is 3.99. The van der Waals surface area contributed by atoms with Gasteiger partial charge in [-0.1, -0.05) is 12.1 Å². The molecule has 1 unspecified atom stereocenters. The molecule has 0 spiro atoms. The van der Waals surface area contributed by atoms with Crippen LogP contribution in [0.5, 0.6) is 5.75 Å². The number of likely N-dealkylation sites (N-methyl/N-ethyl adjacent to an activating group) is 1. The van der Waals surface area contributed by atoms with E-state index >= 15 is 0 Å². The number of nitrogens with two attached hydrogens (primary N) is 1. The fourth-order valence-electron chi connectivity index (χ4n) is 2.65. The van der Waals surface area contributed by atoms with Crippen molar-refractivity contribution in [2.45, 2.75) is 25.4 Å². The van der Waals surface area contributed by atoms with E-state index < -0.39 is 6.04 Å². The number of nitrogens with zero attached hydrogens (tertiary/aromatic N) is 1. The molecule has 5 heteroatoms. The standard InChI is InChI=1S/C16H24N2O3/c1-18(11-12-4-3-5-14(10-12)20-2)16(19)15(17)13-6-8-21-9-7-13/h3-5,10,13,15H,6-9,11,17H2,1-2H3. The van der Waals surface area contributed by atoms with Crippen LogP contribution in [0.4, 0.5) is 0 Å². The second-order valence-electron chi connectivity index (χ2n) is 5.52. The van der Waals surface area contributed by atoms with Crippen LogP contribution in [-0.2, 0) is 16.1 Å². The van der Waals surface area contributed by atoms with Crippen molar-refractivity contribution in [3.63, 3.8) is 0 Å². The molecule has 116 valence electrons. The van der Waals surface area contributed by atoms with Crippen LogP contribution >= 0.6 is 0 Å². The molecule has 21 heavy (non-hydrogen) atoms. The minimum Gasteiger partial charge on any atom is -0.497 e. The van der Waals surface area contributed by atoms with Crippen LogP contribution in [0.15, 0.2) is 24.3 Å². The summed E-state index contributed by atoms with van der Waals surface area (Å²) in [5.74, 6) is 1.01. The van der Waals surface area contributed by atoms with Crippen molar-refractivity contribution < 1.29 is 14.3 Å². The Bertz CT molecular complexity index is 472. The molecule has 0 saturated carbocycles. The summed E-state index contributed by atoms with van der Waals surface area (Å²) in [6.07, 6.45) is 1.72. The first-order chi connectivity index (χ1) is 10.1. The Kier molecular flexibility index (Phi) is 5.59. The lowest BCUT2D eigenvalue weighted by Crippen LogP contribution is -2.47. The van der Waals surface area contributed by atoms with Crippen molar-refractivity contribution in [3.05, 3.63) is 29.8 Å².